The number of benzene rings is 1. The number of fused-ring (bicyclic) bond motifs is 2. The minimum absolute atomic E-state index is 0.0252. The number of likely N-dealkylation sites (N-methyl/N-ethyl adjacent to an activating group) is 1. The molecule has 41 heavy (non-hydrogen) atoms. The maximum atomic E-state index is 12.6. The van der Waals surface area contributed by atoms with E-state index >= 15 is 0 Å². The molecule has 0 unspecified atom stereocenters. The number of aryl methyl sites for hydroxylation is 2. The largest absolute Gasteiger partial charge is 0.480 e. The van der Waals surface area contributed by atoms with Gasteiger partial charge in [0.05, 0.1) is 41.5 Å². The summed E-state index contributed by atoms with van der Waals surface area (Å²) in [6.45, 7) is 9.06. The number of rotatable bonds is 7. The predicted octanol–water partition coefficient (Wildman–Crippen LogP) is 4.32. The van der Waals surface area contributed by atoms with Crippen molar-refractivity contribution in [2.45, 2.75) is 45.8 Å². The fourth-order valence-electron chi connectivity index (χ4n) is 5.10. The van der Waals surface area contributed by atoms with Crippen LogP contribution in [0.3, 0.4) is 0 Å². The number of ether oxygens (including phenoxy) is 4. The van der Waals surface area contributed by atoms with Crippen LogP contribution in [0.15, 0.2) is 24.5 Å². The Morgan fingerprint density at radius 2 is 1.98 bits per heavy atom. The smallest absolute Gasteiger partial charge is 0.410 e. The van der Waals surface area contributed by atoms with Gasteiger partial charge in [-0.15, -0.1) is 0 Å². The summed E-state index contributed by atoms with van der Waals surface area (Å²) >= 11 is 0. The van der Waals surface area contributed by atoms with Crippen LogP contribution in [0.25, 0.3) is 33.3 Å². The van der Waals surface area contributed by atoms with E-state index in [0.717, 1.165) is 35.1 Å². The van der Waals surface area contributed by atoms with Crippen LogP contribution >= 0.6 is 0 Å². The van der Waals surface area contributed by atoms with Crippen molar-refractivity contribution >= 4 is 33.7 Å². The lowest BCUT2D eigenvalue weighted by molar-refractivity contribution is 0.0238. The average Bonchev–Trinajstić information content (AvgIpc) is 3.57. The van der Waals surface area contributed by atoms with E-state index < -0.39 is 5.60 Å². The zero-order valence-electron chi connectivity index (χ0n) is 24.9. The van der Waals surface area contributed by atoms with Crippen molar-refractivity contribution in [3.05, 3.63) is 30.1 Å². The van der Waals surface area contributed by atoms with Gasteiger partial charge in [0.1, 0.15) is 11.4 Å². The van der Waals surface area contributed by atoms with Crippen LogP contribution in [-0.4, -0.2) is 88.5 Å². The lowest BCUT2D eigenvalue weighted by Gasteiger charge is -2.28. The minimum atomic E-state index is -0.541. The van der Waals surface area contributed by atoms with Crippen LogP contribution in [0, 0.1) is 6.92 Å². The van der Waals surface area contributed by atoms with Gasteiger partial charge in [0, 0.05) is 51.4 Å². The summed E-state index contributed by atoms with van der Waals surface area (Å²) in [6, 6.07) is 3.97. The molecule has 12 nitrogen and oxygen atoms in total. The van der Waals surface area contributed by atoms with Crippen molar-refractivity contribution < 1.29 is 23.7 Å². The van der Waals surface area contributed by atoms with E-state index in [0.29, 0.717) is 40.6 Å². The number of nitrogens with zero attached hydrogens (tertiary/aromatic N) is 7. The van der Waals surface area contributed by atoms with Crippen LogP contribution in [-0.2, 0) is 16.5 Å². The van der Waals surface area contributed by atoms with Crippen molar-refractivity contribution in [1.29, 1.82) is 0 Å². The maximum absolute atomic E-state index is 12.6. The molecule has 3 aromatic heterocycles. The Bertz CT molecular complexity index is 1600. The molecule has 0 aliphatic carbocycles. The van der Waals surface area contributed by atoms with E-state index in [2.05, 4.69) is 10.00 Å². The normalized spacial score (nSPS) is 15.5. The monoisotopic (exact) mass is 563 g/mol. The zero-order valence-corrected chi connectivity index (χ0v) is 24.9. The summed E-state index contributed by atoms with van der Waals surface area (Å²) in [7, 11) is 6.82. The zero-order chi connectivity index (χ0) is 29.5. The number of methoxy groups -OCH3 is 2. The molecule has 1 amide bonds. The fraction of sp³-hybridized carbons (Fsp3) is 0.483. The van der Waals surface area contributed by atoms with Gasteiger partial charge < -0.3 is 28.7 Å². The molecular formula is C29H37N7O5. The SMILES string of the molecule is COCOc1c(-c2nc(OC)c3cc(N4CC[C@@H](N(C)C(=O)OC(C)(C)C)C4)cnc3n2)cc2cn(C)nc2c1C. The van der Waals surface area contributed by atoms with Gasteiger partial charge in [-0.05, 0) is 46.2 Å². The fourth-order valence-corrected chi connectivity index (χ4v) is 5.10. The highest BCUT2D eigenvalue weighted by atomic mass is 16.7. The molecular weight excluding hydrogens is 526 g/mol. The van der Waals surface area contributed by atoms with Gasteiger partial charge in [0.2, 0.25) is 5.88 Å². The Labute approximate surface area is 239 Å². The van der Waals surface area contributed by atoms with Gasteiger partial charge in [0.15, 0.2) is 18.3 Å². The number of hydrogen-bond acceptors (Lipinski definition) is 10. The summed E-state index contributed by atoms with van der Waals surface area (Å²) < 4.78 is 24.2. The summed E-state index contributed by atoms with van der Waals surface area (Å²) in [4.78, 5) is 30.7. The molecule has 1 aromatic carbocycles. The van der Waals surface area contributed by atoms with E-state index in [9.17, 15) is 4.79 Å². The topological polar surface area (TPSA) is 117 Å². The Morgan fingerprint density at radius 1 is 1.20 bits per heavy atom. The lowest BCUT2D eigenvalue weighted by Crippen LogP contribution is -2.42. The minimum Gasteiger partial charge on any atom is -0.480 e. The first-order valence-corrected chi connectivity index (χ1v) is 13.5. The molecule has 12 heteroatoms. The maximum Gasteiger partial charge on any atom is 0.410 e. The molecule has 4 aromatic rings. The molecule has 0 N–H and O–H groups in total. The molecule has 1 fully saturated rings. The Morgan fingerprint density at radius 3 is 2.68 bits per heavy atom. The number of aromatic nitrogens is 5. The number of amides is 1. The summed E-state index contributed by atoms with van der Waals surface area (Å²) in [5.41, 5.74) is 3.25. The summed E-state index contributed by atoms with van der Waals surface area (Å²) in [5, 5.41) is 6.20. The van der Waals surface area contributed by atoms with Crippen molar-refractivity contribution in [3.8, 4) is 23.0 Å². The molecule has 1 atom stereocenters. The third-order valence-corrected chi connectivity index (χ3v) is 7.11. The van der Waals surface area contributed by atoms with Crippen LogP contribution in [0.2, 0.25) is 0 Å². The van der Waals surface area contributed by atoms with Crippen molar-refractivity contribution in [2.24, 2.45) is 7.05 Å². The first-order chi connectivity index (χ1) is 19.5. The molecule has 1 aliphatic rings. The van der Waals surface area contributed by atoms with E-state index in [1.165, 1.54) is 0 Å². The second-order valence-electron chi connectivity index (χ2n) is 11.3. The van der Waals surface area contributed by atoms with Crippen molar-refractivity contribution in [1.82, 2.24) is 29.6 Å². The molecule has 1 saturated heterocycles. The number of carbonyl (C=O) groups excluding carboxylic acids is 1. The Hall–Kier alpha value is -4.19. The molecule has 218 valence electrons. The highest BCUT2D eigenvalue weighted by Crippen LogP contribution is 2.38. The van der Waals surface area contributed by atoms with Gasteiger partial charge in [-0.2, -0.15) is 10.1 Å². The van der Waals surface area contributed by atoms with Crippen LogP contribution in [0.1, 0.15) is 32.8 Å². The first kappa shape index (κ1) is 28.3. The van der Waals surface area contributed by atoms with Gasteiger partial charge in [-0.1, -0.05) is 0 Å². The quantitative estimate of drug-likeness (QED) is 0.301. The van der Waals surface area contributed by atoms with Crippen molar-refractivity contribution in [3.63, 3.8) is 0 Å². The number of hydrogen-bond donors (Lipinski definition) is 0. The van der Waals surface area contributed by atoms with E-state index in [-0.39, 0.29) is 18.9 Å². The molecule has 0 spiro atoms. The Balaban J connectivity index is 1.48. The van der Waals surface area contributed by atoms with E-state index in [1.807, 2.05) is 53.1 Å². The van der Waals surface area contributed by atoms with Crippen LogP contribution in [0.4, 0.5) is 10.5 Å². The van der Waals surface area contributed by atoms with E-state index in [4.69, 9.17) is 33.9 Å². The van der Waals surface area contributed by atoms with Crippen LogP contribution < -0.4 is 14.4 Å². The molecule has 0 radical (unpaired) electrons. The predicted molar refractivity (Wildman–Crippen MR) is 155 cm³/mol. The molecule has 5 rings (SSSR count). The van der Waals surface area contributed by atoms with Gasteiger partial charge in [0.25, 0.3) is 0 Å². The van der Waals surface area contributed by atoms with Crippen LogP contribution in [0.5, 0.6) is 11.6 Å². The third kappa shape index (κ3) is 5.69. The highest BCUT2D eigenvalue weighted by Gasteiger charge is 2.31. The lowest BCUT2D eigenvalue weighted by atomic mass is 10.0. The van der Waals surface area contributed by atoms with Gasteiger partial charge >= 0.3 is 6.09 Å². The van der Waals surface area contributed by atoms with Gasteiger partial charge in [-0.3, -0.25) is 4.68 Å². The highest BCUT2D eigenvalue weighted by molar-refractivity contribution is 5.92. The summed E-state index contributed by atoms with van der Waals surface area (Å²) in [5.74, 6) is 1.42. The standard InChI is InChI=1S/C29H37N7O5/c1-17-23-18(14-34(5)33-23)11-21(24(17)40-16-38-7)26-31-25-22(27(32-26)39-8)12-20(13-30-25)36-10-9-19(15-36)35(6)28(37)41-29(2,3)4/h11-14,19H,9-10,15-16H2,1-8H3/t19-/m1/s1. The molecule has 4 heterocycles. The second kappa shape index (κ2) is 11.0. The molecule has 1 aliphatic heterocycles. The van der Waals surface area contributed by atoms with Crippen molar-refractivity contribution in [2.75, 3.05) is 46.0 Å². The number of anilines is 1. The molecule has 0 saturated carbocycles. The average molecular weight is 564 g/mol. The Kier molecular flexibility index (Phi) is 7.60. The number of pyridine rings is 1. The summed E-state index contributed by atoms with van der Waals surface area (Å²) in [6.07, 6.45) is 4.24. The molecule has 0 bridgehead atoms. The first-order valence-electron chi connectivity index (χ1n) is 13.5. The second-order valence-corrected chi connectivity index (χ2v) is 11.3. The third-order valence-electron chi connectivity index (χ3n) is 7.11. The van der Waals surface area contributed by atoms with E-state index in [1.54, 1.807) is 37.0 Å². The van der Waals surface area contributed by atoms with Gasteiger partial charge in [-0.25, -0.2) is 14.8 Å². The number of carbonyl (C=O) groups is 1.